The van der Waals surface area contributed by atoms with E-state index < -0.39 is 5.60 Å². The topological polar surface area (TPSA) is 46.5 Å². The Kier molecular flexibility index (Phi) is 6.25. The van der Waals surface area contributed by atoms with Crippen LogP contribution in [0.15, 0.2) is 12.7 Å². The molecule has 0 saturated carbocycles. The smallest absolute Gasteiger partial charge is 0.306 e. The van der Waals surface area contributed by atoms with Crippen molar-refractivity contribution in [2.45, 2.75) is 58.2 Å². The Morgan fingerprint density at radius 3 is 2.60 bits per heavy atom. The third kappa shape index (κ3) is 9.47. The number of ether oxygens (including phenoxy) is 1. The minimum Gasteiger partial charge on any atom is -0.460 e. The molecule has 0 aliphatic heterocycles. The number of carbonyl (C=O) groups excluding carboxylic acids is 1. The molecular weight excluding hydrogens is 192 g/mol. The second-order valence-electron chi connectivity index (χ2n) is 4.66. The molecule has 0 radical (unpaired) electrons. The highest BCUT2D eigenvalue weighted by Crippen LogP contribution is 2.11. The maximum atomic E-state index is 11.3. The fourth-order valence-corrected chi connectivity index (χ4v) is 1.18. The van der Waals surface area contributed by atoms with Crippen LogP contribution in [0.25, 0.3) is 0 Å². The molecule has 0 amide bonds. The molecule has 1 atom stereocenters. The maximum absolute atomic E-state index is 11.3. The van der Waals surface area contributed by atoms with Crippen LogP contribution in [0.2, 0.25) is 0 Å². The van der Waals surface area contributed by atoms with Gasteiger partial charge < -0.3 is 9.84 Å². The van der Waals surface area contributed by atoms with E-state index in [0.29, 0.717) is 25.7 Å². The molecule has 0 aromatic heterocycles. The number of hydrogen-bond acceptors (Lipinski definition) is 3. The summed E-state index contributed by atoms with van der Waals surface area (Å²) in [5.74, 6) is -0.201. The van der Waals surface area contributed by atoms with E-state index in [1.165, 1.54) is 0 Å². The number of aliphatic hydroxyl groups excluding tert-OH is 1. The first kappa shape index (κ1) is 14.2. The van der Waals surface area contributed by atoms with Gasteiger partial charge in [0.15, 0.2) is 0 Å². The average Bonchev–Trinajstić information content (AvgIpc) is 2.00. The van der Waals surface area contributed by atoms with Gasteiger partial charge in [0, 0.05) is 6.42 Å². The third-order valence-corrected chi connectivity index (χ3v) is 1.78. The van der Waals surface area contributed by atoms with Crippen LogP contribution in [0.5, 0.6) is 0 Å². The second-order valence-corrected chi connectivity index (χ2v) is 4.66. The standard InChI is InChI=1S/C12H22O3/c1-5-7-10(13)8-6-9-11(14)15-12(2,3)4/h5,10,13H,1,6-9H2,2-4H3/t10-/m1/s1. The Bertz CT molecular complexity index is 203. The minimum absolute atomic E-state index is 0.201. The molecule has 0 heterocycles. The normalized spacial score (nSPS) is 13.3. The molecule has 0 rings (SSSR count). The van der Waals surface area contributed by atoms with Crippen molar-refractivity contribution in [1.29, 1.82) is 0 Å². The lowest BCUT2D eigenvalue weighted by Gasteiger charge is -2.19. The number of rotatable bonds is 6. The zero-order chi connectivity index (χ0) is 11.9. The van der Waals surface area contributed by atoms with Gasteiger partial charge in [-0.05, 0) is 40.0 Å². The average molecular weight is 214 g/mol. The van der Waals surface area contributed by atoms with Crippen LogP contribution in [-0.2, 0) is 9.53 Å². The molecule has 3 nitrogen and oxygen atoms in total. The lowest BCUT2D eigenvalue weighted by atomic mass is 10.1. The van der Waals surface area contributed by atoms with Crippen molar-refractivity contribution in [3.63, 3.8) is 0 Å². The lowest BCUT2D eigenvalue weighted by Crippen LogP contribution is -2.23. The van der Waals surface area contributed by atoms with Gasteiger partial charge in [-0.25, -0.2) is 0 Å². The van der Waals surface area contributed by atoms with E-state index in [1.807, 2.05) is 20.8 Å². The largest absolute Gasteiger partial charge is 0.460 e. The second kappa shape index (κ2) is 6.62. The molecule has 0 aromatic carbocycles. The van der Waals surface area contributed by atoms with Gasteiger partial charge in [0.1, 0.15) is 5.60 Å². The summed E-state index contributed by atoms with van der Waals surface area (Å²) in [6, 6.07) is 0. The van der Waals surface area contributed by atoms with Gasteiger partial charge in [0.2, 0.25) is 0 Å². The highest BCUT2D eigenvalue weighted by atomic mass is 16.6. The Balaban J connectivity index is 3.59. The maximum Gasteiger partial charge on any atom is 0.306 e. The van der Waals surface area contributed by atoms with Crippen LogP contribution in [-0.4, -0.2) is 22.8 Å². The first-order valence-electron chi connectivity index (χ1n) is 5.36. The van der Waals surface area contributed by atoms with E-state index in [4.69, 9.17) is 4.74 Å². The van der Waals surface area contributed by atoms with Crippen LogP contribution in [0.4, 0.5) is 0 Å². The first-order valence-corrected chi connectivity index (χ1v) is 5.36. The zero-order valence-electron chi connectivity index (χ0n) is 9.95. The van der Waals surface area contributed by atoms with Crippen molar-refractivity contribution in [3.05, 3.63) is 12.7 Å². The SMILES string of the molecule is C=CC[C@@H](O)CCCC(=O)OC(C)(C)C. The van der Waals surface area contributed by atoms with Crippen molar-refractivity contribution in [2.75, 3.05) is 0 Å². The Morgan fingerprint density at radius 2 is 2.13 bits per heavy atom. The van der Waals surface area contributed by atoms with Crippen LogP contribution in [0.1, 0.15) is 46.5 Å². The molecule has 3 heteroatoms. The Hall–Kier alpha value is -0.830. The Morgan fingerprint density at radius 1 is 1.53 bits per heavy atom. The fraction of sp³-hybridized carbons (Fsp3) is 0.750. The summed E-state index contributed by atoms with van der Waals surface area (Å²) in [5.41, 5.74) is -0.420. The molecule has 0 saturated heterocycles. The van der Waals surface area contributed by atoms with Crippen molar-refractivity contribution in [3.8, 4) is 0 Å². The Labute approximate surface area is 92.1 Å². The van der Waals surface area contributed by atoms with Crippen LogP contribution in [0.3, 0.4) is 0 Å². The molecule has 15 heavy (non-hydrogen) atoms. The van der Waals surface area contributed by atoms with Gasteiger partial charge >= 0.3 is 5.97 Å². The van der Waals surface area contributed by atoms with Gasteiger partial charge in [0.25, 0.3) is 0 Å². The molecule has 1 N–H and O–H groups in total. The van der Waals surface area contributed by atoms with Gasteiger partial charge in [-0.15, -0.1) is 6.58 Å². The molecule has 0 aliphatic carbocycles. The van der Waals surface area contributed by atoms with E-state index in [-0.39, 0.29) is 12.1 Å². The predicted octanol–water partition coefficient (Wildman–Crippen LogP) is 2.44. The van der Waals surface area contributed by atoms with Crippen LogP contribution in [0, 0.1) is 0 Å². The molecule has 0 aliphatic rings. The zero-order valence-corrected chi connectivity index (χ0v) is 9.95. The van der Waals surface area contributed by atoms with Crippen LogP contribution >= 0.6 is 0 Å². The van der Waals surface area contributed by atoms with Crippen molar-refractivity contribution < 1.29 is 14.6 Å². The molecule has 0 bridgehead atoms. The summed E-state index contributed by atoms with van der Waals surface area (Å²) < 4.78 is 5.14. The lowest BCUT2D eigenvalue weighted by molar-refractivity contribution is -0.155. The number of esters is 1. The highest BCUT2D eigenvalue weighted by molar-refractivity contribution is 5.69. The summed E-state index contributed by atoms with van der Waals surface area (Å²) >= 11 is 0. The predicted molar refractivity (Wildman–Crippen MR) is 60.5 cm³/mol. The van der Waals surface area contributed by atoms with E-state index in [2.05, 4.69) is 6.58 Å². The number of hydrogen-bond donors (Lipinski definition) is 1. The molecule has 0 fully saturated rings. The summed E-state index contributed by atoms with van der Waals surface area (Å²) in [6.45, 7) is 9.07. The van der Waals surface area contributed by atoms with E-state index in [0.717, 1.165) is 0 Å². The van der Waals surface area contributed by atoms with E-state index in [1.54, 1.807) is 6.08 Å². The van der Waals surface area contributed by atoms with Crippen molar-refractivity contribution in [2.24, 2.45) is 0 Å². The molecule has 0 unspecified atom stereocenters. The molecular formula is C12H22O3. The monoisotopic (exact) mass is 214 g/mol. The van der Waals surface area contributed by atoms with Crippen molar-refractivity contribution >= 4 is 5.97 Å². The number of aliphatic hydroxyl groups is 1. The minimum atomic E-state index is -0.420. The van der Waals surface area contributed by atoms with E-state index in [9.17, 15) is 9.90 Å². The van der Waals surface area contributed by atoms with Gasteiger partial charge in [-0.3, -0.25) is 4.79 Å². The summed E-state index contributed by atoms with van der Waals surface area (Å²) in [7, 11) is 0. The number of carbonyl (C=O) groups is 1. The van der Waals surface area contributed by atoms with Crippen LogP contribution < -0.4 is 0 Å². The third-order valence-electron chi connectivity index (χ3n) is 1.78. The van der Waals surface area contributed by atoms with Gasteiger partial charge in [0.05, 0.1) is 6.10 Å². The molecule has 0 spiro atoms. The highest BCUT2D eigenvalue weighted by Gasteiger charge is 2.15. The summed E-state index contributed by atoms with van der Waals surface area (Å²) in [6.07, 6.45) is 3.51. The summed E-state index contributed by atoms with van der Waals surface area (Å²) in [5, 5.41) is 9.37. The quantitative estimate of drug-likeness (QED) is 0.545. The molecule has 0 aromatic rings. The molecule has 88 valence electrons. The summed E-state index contributed by atoms with van der Waals surface area (Å²) in [4.78, 5) is 11.3. The van der Waals surface area contributed by atoms with Gasteiger partial charge in [-0.1, -0.05) is 6.08 Å². The van der Waals surface area contributed by atoms with E-state index >= 15 is 0 Å². The fourth-order valence-electron chi connectivity index (χ4n) is 1.18. The van der Waals surface area contributed by atoms with Gasteiger partial charge in [-0.2, -0.15) is 0 Å². The van der Waals surface area contributed by atoms with Crippen molar-refractivity contribution in [1.82, 2.24) is 0 Å². The first-order chi connectivity index (χ1) is 6.85.